The SMILES string of the molecule is Cc1ccc(N2CCc3c(nc(C(C)C)n3C)C2)nc1C#N. The molecule has 0 amide bonds. The highest BCUT2D eigenvalue weighted by Gasteiger charge is 2.24. The van der Waals surface area contributed by atoms with Gasteiger partial charge in [0.25, 0.3) is 0 Å². The number of aryl methyl sites for hydroxylation is 1. The molecule has 0 N–H and O–H groups in total. The van der Waals surface area contributed by atoms with E-state index in [1.165, 1.54) is 5.69 Å². The zero-order valence-corrected chi connectivity index (χ0v) is 13.6. The molecule has 22 heavy (non-hydrogen) atoms. The van der Waals surface area contributed by atoms with Gasteiger partial charge in [-0.2, -0.15) is 5.26 Å². The molecule has 0 aliphatic carbocycles. The van der Waals surface area contributed by atoms with E-state index in [-0.39, 0.29) is 0 Å². The van der Waals surface area contributed by atoms with Crippen LogP contribution in [0.4, 0.5) is 5.82 Å². The van der Waals surface area contributed by atoms with E-state index in [9.17, 15) is 0 Å². The first-order valence-electron chi connectivity index (χ1n) is 7.68. The van der Waals surface area contributed by atoms with Gasteiger partial charge >= 0.3 is 0 Å². The van der Waals surface area contributed by atoms with Crippen molar-refractivity contribution in [2.75, 3.05) is 11.4 Å². The Morgan fingerprint density at radius 2 is 2.05 bits per heavy atom. The fourth-order valence-electron chi connectivity index (χ4n) is 3.07. The van der Waals surface area contributed by atoms with Crippen LogP contribution in [0, 0.1) is 18.3 Å². The van der Waals surface area contributed by atoms with E-state index >= 15 is 0 Å². The Kier molecular flexibility index (Phi) is 3.61. The second-order valence-corrected chi connectivity index (χ2v) is 6.20. The average Bonchev–Trinajstić information content (AvgIpc) is 2.84. The minimum atomic E-state index is 0.423. The van der Waals surface area contributed by atoms with Crippen LogP contribution in [0.15, 0.2) is 12.1 Å². The van der Waals surface area contributed by atoms with E-state index < -0.39 is 0 Å². The Morgan fingerprint density at radius 3 is 2.73 bits per heavy atom. The van der Waals surface area contributed by atoms with Gasteiger partial charge in [-0.25, -0.2) is 9.97 Å². The van der Waals surface area contributed by atoms with Gasteiger partial charge in [0.1, 0.15) is 23.4 Å². The molecule has 5 nitrogen and oxygen atoms in total. The molecule has 2 aromatic rings. The zero-order chi connectivity index (χ0) is 15.9. The van der Waals surface area contributed by atoms with Crippen molar-refractivity contribution in [2.24, 2.45) is 7.05 Å². The standard InChI is InChI=1S/C17H21N5/c1-11(2)17-20-14-10-22(8-7-15(14)21(17)4)16-6-5-12(3)13(9-18)19-16/h5-6,11H,7-8,10H2,1-4H3. The van der Waals surface area contributed by atoms with Crippen LogP contribution in [0.2, 0.25) is 0 Å². The minimum absolute atomic E-state index is 0.423. The summed E-state index contributed by atoms with van der Waals surface area (Å²) in [5, 5.41) is 9.15. The summed E-state index contributed by atoms with van der Waals surface area (Å²) < 4.78 is 2.24. The number of nitrogens with zero attached hydrogens (tertiary/aromatic N) is 5. The van der Waals surface area contributed by atoms with Crippen molar-refractivity contribution in [1.82, 2.24) is 14.5 Å². The van der Waals surface area contributed by atoms with Gasteiger partial charge in [-0.3, -0.25) is 0 Å². The zero-order valence-electron chi connectivity index (χ0n) is 13.6. The molecule has 2 aromatic heterocycles. The van der Waals surface area contributed by atoms with Gasteiger partial charge in [-0.15, -0.1) is 0 Å². The Hall–Kier alpha value is -2.35. The van der Waals surface area contributed by atoms with Crippen LogP contribution in [-0.4, -0.2) is 21.1 Å². The molecular weight excluding hydrogens is 274 g/mol. The Morgan fingerprint density at radius 1 is 1.27 bits per heavy atom. The number of anilines is 1. The van der Waals surface area contributed by atoms with Crippen molar-refractivity contribution in [3.8, 4) is 6.07 Å². The van der Waals surface area contributed by atoms with Crippen molar-refractivity contribution in [2.45, 2.75) is 39.7 Å². The highest BCUT2D eigenvalue weighted by Crippen LogP contribution is 2.26. The summed E-state index contributed by atoms with van der Waals surface area (Å²) in [6.07, 6.45) is 0.961. The number of fused-ring (bicyclic) bond motifs is 1. The summed E-state index contributed by atoms with van der Waals surface area (Å²) in [4.78, 5) is 11.5. The summed E-state index contributed by atoms with van der Waals surface area (Å²) in [7, 11) is 2.11. The van der Waals surface area contributed by atoms with Crippen molar-refractivity contribution in [3.63, 3.8) is 0 Å². The Balaban J connectivity index is 1.92. The smallest absolute Gasteiger partial charge is 0.145 e. The number of rotatable bonds is 2. The molecule has 0 saturated heterocycles. The molecule has 0 unspecified atom stereocenters. The average molecular weight is 295 g/mol. The lowest BCUT2D eigenvalue weighted by molar-refractivity contribution is 0.658. The van der Waals surface area contributed by atoms with Gasteiger partial charge in [0.05, 0.1) is 12.2 Å². The molecule has 0 radical (unpaired) electrons. The largest absolute Gasteiger partial charge is 0.350 e. The maximum Gasteiger partial charge on any atom is 0.145 e. The number of imidazole rings is 1. The first kappa shape index (κ1) is 14.6. The maximum absolute atomic E-state index is 9.15. The molecule has 0 aromatic carbocycles. The summed E-state index contributed by atoms with van der Waals surface area (Å²) in [5.74, 6) is 2.43. The van der Waals surface area contributed by atoms with Gasteiger partial charge in [-0.05, 0) is 18.6 Å². The number of pyridine rings is 1. The molecule has 5 heteroatoms. The van der Waals surface area contributed by atoms with Gasteiger partial charge in [0.15, 0.2) is 0 Å². The molecule has 0 fully saturated rings. The van der Waals surface area contributed by atoms with E-state index in [2.05, 4.69) is 41.4 Å². The Labute approximate surface area is 131 Å². The summed E-state index contributed by atoms with van der Waals surface area (Å²) in [6, 6.07) is 6.12. The van der Waals surface area contributed by atoms with Crippen molar-refractivity contribution >= 4 is 5.82 Å². The second kappa shape index (κ2) is 5.45. The van der Waals surface area contributed by atoms with Crippen LogP contribution in [0.25, 0.3) is 0 Å². The van der Waals surface area contributed by atoms with E-state index in [1.807, 2.05) is 19.1 Å². The van der Waals surface area contributed by atoms with Crippen LogP contribution in [0.1, 0.15) is 48.2 Å². The third-order valence-corrected chi connectivity index (χ3v) is 4.32. The molecule has 1 aliphatic heterocycles. The number of aromatic nitrogens is 3. The highest BCUT2D eigenvalue weighted by atomic mass is 15.2. The normalized spacial score (nSPS) is 14.1. The van der Waals surface area contributed by atoms with Gasteiger partial charge < -0.3 is 9.47 Å². The quantitative estimate of drug-likeness (QED) is 0.854. The monoisotopic (exact) mass is 295 g/mol. The predicted octanol–water partition coefficient (Wildman–Crippen LogP) is 2.68. The van der Waals surface area contributed by atoms with Gasteiger partial charge in [0.2, 0.25) is 0 Å². The third-order valence-electron chi connectivity index (χ3n) is 4.32. The van der Waals surface area contributed by atoms with Gasteiger partial charge in [0, 0.05) is 31.6 Å². The third kappa shape index (κ3) is 2.35. The van der Waals surface area contributed by atoms with Crippen molar-refractivity contribution in [1.29, 1.82) is 5.26 Å². The highest BCUT2D eigenvalue weighted by molar-refractivity contribution is 5.46. The van der Waals surface area contributed by atoms with Crippen LogP contribution < -0.4 is 4.90 Å². The summed E-state index contributed by atoms with van der Waals surface area (Å²) >= 11 is 0. The van der Waals surface area contributed by atoms with Crippen LogP contribution in [0.5, 0.6) is 0 Å². The number of nitriles is 1. The number of hydrogen-bond donors (Lipinski definition) is 0. The molecular formula is C17H21N5. The van der Waals surface area contributed by atoms with E-state index in [0.29, 0.717) is 11.6 Å². The summed E-state index contributed by atoms with van der Waals surface area (Å²) in [5.41, 5.74) is 3.89. The van der Waals surface area contributed by atoms with Crippen molar-refractivity contribution in [3.05, 3.63) is 40.6 Å². The Bertz CT molecular complexity index is 751. The molecule has 0 bridgehead atoms. The minimum Gasteiger partial charge on any atom is -0.350 e. The molecule has 114 valence electrons. The lowest BCUT2D eigenvalue weighted by atomic mass is 10.1. The maximum atomic E-state index is 9.15. The molecule has 3 heterocycles. The first-order chi connectivity index (χ1) is 10.5. The summed E-state index contributed by atoms with van der Waals surface area (Å²) in [6.45, 7) is 7.93. The van der Waals surface area contributed by atoms with Gasteiger partial charge in [-0.1, -0.05) is 19.9 Å². The molecule has 0 spiro atoms. The van der Waals surface area contributed by atoms with E-state index in [0.717, 1.165) is 42.4 Å². The van der Waals surface area contributed by atoms with Crippen molar-refractivity contribution < 1.29 is 0 Å². The molecule has 1 aliphatic rings. The van der Waals surface area contributed by atoms with E-state index in [1.54, 1.807) is 0 Å². The van der Waals surface area contributed by atoms with Crippen LogP contribution in [-0.2, 0) is 20.0 Å². The number of hydrogen-bond acceptors (Lipinski definition) is 4. The lowest BCUT2D eigenvalue weighted by Crippen LogP contribution is -2.31. The molecule has 3 rings (SSSR count). The molecule has 0 atom stereocenters. The lowest BCUT2D eigenvalue weighted by Gasteiger charge is -2.28. The topological polar surface area (TPSA) is 57.7 Å². The fraction of sp³-hybridized carbons (Fsp3) is 0.471. The molecule has 0 saturated carbocycles. The second-order valence-electron chi connectivity index (χ2n) is 6.20. The van der Waals surface area contributed by atoms with Crippen LogP contribution in [0.3, 0.4) is 0 Å². The van der Waals surface area contributed by atoms with E-state index in [4.69, 9.17) is 10.2 Å². The van der Waals surface area contributed by atoms with Crippen LogP contribution >= 0.6 is 0 Å². The first-order valence-corrected chi connectivity index (χ1v) is 7.68. The fourth-order valence-corrected chi connectivity index (χ4v) is 3.07. The predicted molar refractivity (Wildman–Crippen MR) is 85.7 cm³/mol.